The number of aliphatic hydroxyl groups is 1. The molecule has 1 fully saturated rings. The van der Waals surface area contributed by atoms with Crippen molar-refractivity contribution in [1.82, 2.24) is 9.88 Å². The van der Waals surface area contributed by atoms with Crippen LogP contribution in [0, 0.1) is 12.3 Å². The van der Waals surface area contributed by atoms with Crippen molar-refractivity contribution in [2.75, 3.05) is 13.6 Å². The van der Waals surface area contributed by atoms with Crippen LogP contribution in [0.4, 0.5) is 0 Å². The molecule has 2 heterocycles. The molecule has 0 aliphatic carbocycles. The molecule has 134 valence electrons. The number of carboxylic acids is 2. The fourth-order valence-corrected chi connectivity index (χ4v) is 2.63. The highest BCUT2D eigenvalue weighted by molar-refractivity contribution is 5.89. The van der Waals surface area contributed by atoms with E-state index in [-0.39, 0.29) is 0 Å². The maximum absolute atomic E-state index is 9.57. The number of aromatic nitrogens is 1. The number of pyridine rings is 1. The van der Waals surface area contributed by atoms with Gasteiger partial charge in [-0.1, -0.05) is 5.92 Å². The molecule has 2 atom stereocenters. The van der Waals surface area contributed by atoms with E-state index >= 15 is 0 Å². The Labute approximate surface area is 146 Å². The minimum Gasteiger partial charge on any atom is -0.478 e. The van der Waals surface area contributed by atoms with Crippen molar-refractivity contribution in [3.8, 4) is 12.3 Å². The molecule has 1 aliphatic rings. The molecule has 0 bridgehead atoms. The monoisotopic (exact) mass is 346 g/mol. The van der Waals surface area contributed by atoms with Crippen LogP contribution in [0.1, 0.15) is 30.0 Å². The van der Waals surface area contributed by atoms with Crippen LogP contribution in [0.25, 0.3) is 0 Å². The Bertz CT molecular complexity index is 650. The molecule has 0 spiro atoms. The molecular formula is C18H22N2O5. The van der Waals surface area contributed by atoms with Crippen molar-refractivity contribution in [3.63, 3.8) is 0 Å². The van der Waals surface area contributed by atoms with Gasteiger partial charge in [-0.15, -0.1) is 6.42 Å². The number of rotatable bonds is 5. The average Bonchev–Trinajstić information content (AvgIpc) is 3.00. The summed E-state index contributed by atoms with van der Waals surface area (Å²) in [5.41, 5.74) is 2.33. The first-order valence-electron chi connectivity index (χ1n) is 7.76. The molecule has 25 heavy (non-hydrogen) atoms. The van der Waals surface area contributed by atoms with Crippen molar-refractivity contribution >= 4 is 11.9 Å². The SMILES string of the molecule is C#CC(O)Cc1ccncc1C1CCCN1C.O=C(O)C=CC(=O)O. The second-order valence-corrected chi connectivity index (χ2v) is 5.61. The Morgan fingerprint density at radius 2 is 2.08 bits per heavy atom. The Morgan fingerprint density at radius 3 is 2.56 bits per heavy atom. The summed E-state index contributed by atoms with van der Waals surface area (Å²) in [6, 6.07) is 2.38. The number of hydrogen-bond acceptors (Lipinski definition) is 5. The fraction of sp³-hybridized carbons (Fsp3) is 0.389. The van der Waals surface area contributed by atoms with Crippen LogP contribution >= 0.6 is 0 Å². The summed E-state index contributed by atoms with van der Waals surface area (Å²) in [5.74, 6) is -0.150. The topological polar surface area (TPSA) is 111 Å². The quantitative estimate of drug-likeness (QED) is 0.541. The number of carboxylic acid groups (broad SMARTS) is 2. The van der Waals surface area contributed by atoms with Gasteiger partial charge < -0.3 is 15.3 Å². The lowest BCUT2D eigenvalue weighted by Crippen LogP contribution is -2.20. The number of carbonyl (C=O) groups is 2. The van der Waals surface area contributed by atoms with E-state index in [0.29, 0.717) is 24.6 Å². The van der Waals surface area contributed by atoms with Crippen LogP contribution in [0.5, 0.6) is 0 Å². The van der Waals surface area contributed by atoms with Gasteiger partial charge in [-0.05, 0) is 43.6 Å². The molecular weight excluding hydrogens is 324 g/mol. The van der Waals surface area contributed by atoms with Crippen LogP contribution < -0.4 is 0 Å². The smallest absolute Gasteiger partial charge is 0.328 e. The first-order chi connectivity index (χ1) is 11.8. The van der Waals surface area contributed by atoms with Crippen molar-refractivity contribution in [1.29, 1.82) is 0 Å². The molecule has 0 radical (unpaired) electrons. The van der Waals surface area contributed by atoms with Crippen molar-refractivity contribution in [3.05, 3.63) is 41.7 Å². The third-order valence-electron chi connectivity index (χ3n) is 3.80. The van der Waals surface area contributed by atoms with Crippen molar-refractivity contribution in [2.45, 2.75) is 31.4 Å². The van der Waals surface area contributed by atoms with Gasteiger partial charge in [0.05, 0.1) is 0 Å². The predicted molar refractivity (Wildman–Crippen MR) is 91.8 cm³/mol. The van der Waals surface area contributed by atoms with Gasteiger partial charge in [-0.2, -0.15) is 0 Å². The molecule has 2 rings (SSSR count). The molecule has 2 unspecified atom stereocenters. The van der Waals surface area contributed by atoms with E-state index in [0.717, 1.165) is 18.5 Å². The summed E-state index contributed by atoms with van der Waals surface area (Å²) in [4.78, 5) is 25.6. The molecule has 1 saturated heterocycles. The third kappa shape index (κ3) is 7.16. The van der Waals surface area contributed by atoms with E-state index in [4.69, 9.17) is 16.6 Å². The van der Waals surface area contributed by atoms with E-state index in [2.05, 4.69) is 22.9 Å². The number of hydrogen-bond donors (Lipinski definition) is 3. The Morgan fingerprint density at radius 1 is 1.44 bits per heavy atom. The van der Waals surface area contributed by atoms with Gasteiger partial charge in [0.1, 0.15) is 6.10 Å². The standard InChI is InChI=1S/C14H18N2O.C4H4O4/c1-3-12(17)9-11-6-7-15-10-13(11)14-5-4-8-16(14)2;5-3(6)1-2-4(7)8/h1,6-7,10,12,14,17H,4-5,8-9H2,2H3;1-2H,(H,5,6)(H,7,8). The summed E-state index contributed by atoms with van der Waals surface area (Å²) in [6.45, 7) is 1.12. The summed E-state index contributed by atoms with van der Waals surface area (Å²) in [5, 5.41) is 25.2. The molecule has 1 aliphatic heterocycles. The van der Waals surface area contributed by atoms with Gasteiger partial charge >= 0.3 is 11.9 Å². The van der Waals surface area contributed by atoms with E-state index in [9.17, 15) is 14.7 Å². The first kappa shape index (κ1) is 20.4. The lowest BCUT2D eigenvalue weighted by atomic mass is 9.97. The van der Waals surface area contributed by atoms with E-state index in [1.165, 1.54) is 12.0 Å². The summed E-state index contributed by atoms with van der Waals surface area (Å²) >= 11 is 0. The minimum absolute atomic E-state index is 0.420. The number of likely N-dealkylation sites (tertiary alicyclic amines) is 1. The maximum Gasteiger partial charge on any atom is 0.328 e. The molecule has 1 aromatic heterocycles. The van der Waals surface area contributed by atoms with Gasteiger partial charge in [-0.25, -0.2) is 9.59 Å². The first-order valence-corrected chi connectivity index (χ1v) is 7.76. The summed E-state index contributed by atoms with van der Waals surface area (Å²) in [6.07, 6.45) is 12.2. The zero-order valence-corrected chi connectivity index (χ0v) is 14.0. The Balaban J connectivity index is 0.000000333. The maximum atomic E-state index is 9.57. The molecule has 0 amide bonds. The van der Waals surface area contributed by atoms with E-state index in [1.54, 1.807) is 6.20 Å². The lowest BCUT2D eigenvalue weighted by molar-refractivity contribution is -0.134. The predicted octanol–water partition coefficient (Wildman–Crippen LogP) is 1.10. The normalized spacial score (nSPS) is 18.2. The largest absolute Gasteiger partial charge is 0.478 e. The van der Waals surface area contributed by atoms with Crippen LogP contribution in [0.15, 0.2) is 30.6 Å². The van der Waals surface area contributed by atoms with Crippen molar-refractivity contribution < 1.29 is 24.9 Å². The highest BCUT2D eigenvalue weighted by atomic mass is 16.4. The van der Waals surface area contributed by atoms with Gasteiger partial charge in [0, 0.05) is 37.0 Å². The second kappa shape index (κ2) is 10.2. The fourth-order valence-electron chi connectivity index (χ4n) is 2.63. The van der Waals surface area contributed by atoms with Gasteiger partial charge in [0.2, 0.25) is 0 Å². The third-order valence-corrected chi connectivity index (χ3v) is 3.80. The number of aliphatic carboxylic acids is 2. The van der Waals surface area contributed by atoms with Gasteiger partial charge in [0.25, 0.3) is 0 Å². The van der Waals surface area contributed by atoms with Crippen LogP contribution in [0.2, 0.25) is 0 Å². The molecule has 3 N–H and O–H groups in total. The molecule has 0 aromatic carbocycles. The number of terminal acetylenes is 1. The zero-order valence-electron chi connectivity index (χ0n) is 14.0. The summed E-state index contributed by atoms with van der Waals surface area (Å²) in [7, 11) is 2.13. The lowest BCUT2D eigenvalue weighted by Gasteiger charge is -2.22. The van der Waals surface area contributed by atoms with Gasteiger partial charge in [0.15, 0.2) is 0 Å². The van der Waals surface area contributed by atoms with E-state index < -0.39 is 18.0 Å². The minimum atomic E-state index is -1.26. The van der Waals surface area contributed by atoms with E-state index in [1.807, 2.05) is 12.3 Å². The second-order valence-electron chi connectivity index (χ2n) is 5.61. The summed E-state index contributed by atoms with van der Waals surface area (Å²) < 4.78 is 0. The van der Waals surface area contributed by atoms with Crippen LogP contribution in [-0.4, -0.2) is 56.8 Å². The van der Waals surface area contributed by atoms with Crippen LogP contribution in [0.3, 0.4) is 0 Å². The Kier molecular flexibility index (Phi) is 8.33. The highest BCUT2D eigenvalue weighted by Crippen LogP contribution is 2.32. The molecule has 7 heteroatoms. The molecule has 1 aromatic rings. The highest BCUT2D eigenvalue weighted by Gasteiger charge is 2.25. The average molecular weight is 346 g/mol. The number of nitrogens with zero attached hydrogens (tertiary/aromatic N) is 2. The Hall–Kier alpha value is -2.69. The molecule has 7 nitrogen and oxygen atoms in total. The van der Waals surface area contributed by atoms with Crippen molar-refractivity contribution in [2.24, 2.45) is 0 Å². The molecule has 0 saturated carbocycles. The van der Waals surface area contributed by atoms with Gasteiger partial charge in [-0.3, -0.25) is 9.88 Å². The number of aliphatic hydroxyl groups excluding tert-OH is 1. The van der Waals surface area contributed by atoms with Crippen LogP contribution in [-0.2, 0) is 16.0 Å². The zero-order chi connectivity index (χ0) is 18.8.